The van der Waals surface area contributed by atoms with Crippen molar-refractivity contribution in [3.63, 3.8) is 0 Å². The van der Waals surface area contributed by atoms with Crippen LogP contribution in [-0.2, 0) is 16.0 Å². The van der Waals surface area contributed by atoms with Crippen LogP contribution in [0.2, 0.25) is 0 Å². The van der Waals surface area contributed by atoms with Crippen LogP contribution in [0.15, 0.2) is 54.6 Å². The highest BCUT2D eigenvalue weighted by Gasteiger charge is 2.18. The van der Waals surface area contributed by atoms with Gasteiger partial charge in [-0.05, 0) is 24.1 Å². The minimum Gasteiger partial charge on any atom is -0.394 e. The van der Waals surface area contributed by atoms with E-state index in [4.69, 9.17) is 11.1 Å². The van der Waals surface area contributed by atoms with Crippen LogP contribution in [0.3, 0.4) is 0 Å². The summed E-state index contributed by atoms with van der Waals surface area (Å²) in [6.45, 7) is -0.163. The summed E-state index contributed by atoms with van der Waals surface area (Å²) in [7, 11) is 0. The van der Waals surface area contributed by atoms with E-state index in [9.17, 15) is 14.7 Å². The van der Waals surface area contributed by atoms with Crippen molar-refractivity contribution in [2.24, 2.45) is 5.73 Å². The van der Waals surface area contributed by atoms with E-state index in [1.54, 1.807) is 24.3 Å². The quantitative estimate of drug-likeness (QED) is 0.248. The first kappa shape index (κ1) is 23.9. The van der Waals surface area contributed by atoms with Gasteiger partial charge >= 0.3 is 0 Å². The predicted octanol–water partition coefficient (Wildman–Crippen LogP) is 0.640. The largest absolute Gasteiger partial charge is 0.394 e. The molecule has 1 unspecified atom stereocenters. The van der Waals surface area contributed by atoms with Gasteiger partial charge in [-0.25, -0.2) is 0 Å². The monoisotopic (exact) mass is 419 g/mol. The summed E-state index contributed by atoms with van der Waals surface area (Å²) in [6.07, 6.45) is 0.702. The van der Waals surface area contributed by atoms with Gasteiger partial charge < -0.3 is 26.8 Å². The fourth-order valence-electron chi connectivity index (χ4n) is 2.52. The number of amides is 2. The Morgan fingerprint density at radius 2 is 1.79 bits per heavy atom. The zero-order chi connectivity index (χ0) is 20.4. The van der Waals surface area contributed by atoms with E-state index < -0.39 is 18.6 Å². The molecule has 0 saturated heterocycles. The third-order valence-corrected chi connectivity index (χ3v) is 4.02. The molecule has 2 aromatic rings. The molecule has 2 amide bonds. The summed E-state index contributed by atoms with van der Waals surface area (Å²) in [6, 6.07) is 15.5. The highest BCUT2D eigenvalue weighted by molar-refractivity contribution is 5.96. The molecule has 0 bridgehead atoms. The topological polar surface area (TPSA) is 140 Å². The zero-order valence-corrected chi connectivity index (χ0v) is 16.7. The van der Waals surface area contributed by atoms with E-state index in [1.165, 1.54) is 0 Å². The molecule has 0 aliphatic carbocycles. The van der Waals surface area contributed by atoms with Gasteiger partial charge in [0.1, 0.15) is 11.9 Å². The number of nitrogens with two attached hydrogens (primary N) is 1. The Morgan fingerprint density at radius 1 is 1.07 bits per heavy atom. The van der Waals surface area contributed by atoms with Crippen LogP contribution in [0.5, 0.6) is 0 Å². The van der Waals surface area contributed by atoms with Crippen molar-refractivity contribution in [2.75, 3.05) is 25.0 Å². The molecule has 0 aliphatic heterocycles. The molecule has 0 radical (unpaired) electrons. The Kier molecular flexibility index (Phi) is 10.2. The minimum absolute atomic E-state index is 0. The first-order valence-corrected chi connectivity index (χ1v) is 8.90. The van der Waals surface area contributed by atoms with Gasteiger partial charge in [0.05, 0.1) is 13.2 Å². The van der Waals surface area contributed by atoms with Gasteiger partial charge in [0.25, 0.3) is 0 Å². The molecular formula is C20H26ClN5O3. The number of hydrogen-bond acceptors (Lipinski definition) is 5. The van der Waals surface area contributed by atoms with E-state index in [0.29, 0.717) is 24.2 Å². The van der Waals surface area contributed by atoms with Crippen molar-refractivity contribution < 1.29 is 14.7 Å². The SMILES string of the molecule is Cl.N=C(N)c1cccc(NC(CO)C(=O)NCC(=O)NCCc2ccccc2)c1. The van der Waals surface area contributed by atoms with E-state index in [0.717, 1.165) is 5.56 Å². The molecule has 7 N–H and O–H groups in total. The molecular weight excluding hydrogens is 394 g/mol. The molecule has 29 heavy (non-hydrogen) atoms. The Hall–Kier alpha value is -3.10. The Balaban J connectivity index is 0.00000420. The maximum absolute atomic E-state index is 12.2. The van der Waals surface area contributed by atoms with Crippen LogP contribution in [0.1, 0.15) is 11.1 Å². The van der Waals surface area contributed by atoms with Crippen molar-refractivity contribution >= 4 is 35.7 Å². The molecule has 0 spiro atoms. The normalized spacial score (nSPS) is 10.9. The number of aliphatic hydroxyl groups is 1. The summed E-state index contributed by atoms with van der Waals surface area (Å²) < 4.78 is 0. The number of amidine groups is 1. The first-order chi connectivity index (χ1) is 13.5. The van der Waals surface area contributed by atoms with Crippen molar-refractivity contribution in [3.05, 3.63) is 65.7 Å². The van der Waals surface area contributed by atoms with Gasteiger partial charge in [-0.15, -0.1) is 12.4 Å². The summed E-state index contributed by atoms with van der Waals surface area (Å²) >= 11 is 0. The molecule has 0 aliphatic rings. The molecule has 156 valence electrons. The fraction of sp³-hybridized carbons (Fsp3) is 0.250. The molecule has 2 rings (SSSR count). The van der Waals surface area contributed by atoms with Gasteiger partial charge in [0.15, 0.2) is 0 Å². The van der Waals surface area contributed by atoms with E-state index >= 15 is 0 Å². The fourth-order valence-corrected chi connectivity index (χ4v) is 2.52. The Bertz CT molecular complexity index is 817. The lowest BCUT2D eigenvalue weighted by Gasteiger charge is -2.17. The Labute approximate surface area is 175 Å². The molecule has 0 fully saturated rings. The Morgan fingerprint density at radius 3 is 2.45 bits per heavy atom. The van der Waals surface area contributed by atoms with Crippen molar-refractivity contribution in [2.45, 2.75) is 12.5 Å². The van der Waals surface area contributed by atoms with Crippen molar-refractivity contribution in [1.29, 1.82) is 5.41 Å². The summed E-state index contributed by atoms with van der Waals surface area (Å²) in [5, 5.41) is 25.0. The maximum Gasteiger partial charge on any atom is 0.245 e. The van der Waals surface area contributed by atoms with E-state index in [1.807, 2.05) is 30.3 Å². The standard InChI is InChI=1S/C20H25N5O3.ClH/c21-19(22)15-7-4-8-16(11-15)25-17(13-26)20(28)24-12-18(27)23-10-9-14-5-2-1-3-6-14;/h1-8,11,17,25-26H,9-10,12-13H2,(H3,21,22)(H,23,27)(H,24,28);1H. The number of rotatable bonds is 10. The lowest BCUT2D eigenvalue weighted by Crippen LogP contribution is -2.46. The lowest BCUT2D eigenvalue weighted by molar-refractivity contribution is -0.127. The van der Waals surface area contributed by atoms with Crippen LogP contribution in [0.25, 0.3) is 0 Å². The number of benzene rings is 2. The molecule has 2 aromatic carbocycles. The smallest absolute Gasteiger partial charge is 0.245 e. The third kappa shape index (κ3) is 8.20. The zero-order valence-electron chi connectivity index (χ0n) is 15.9. The summed E-state index contributed by atoms with van der Waals surface area (Å²) in [5.74, 6) is -0.908. The van der Waals surface area contributed by atoms with Gasteiger partial charge in [-0.2, -0.15) is 0 Å². The highest BCUT2D eigenvalue weighted by atomic mass is 35.5. The van der Waals surface area contributed by atoms with Gasteiger partial charge in [0.2, 0.25) is 11.8 Å². The highest BCUT2D eigenvalue weighted by Crippen LogP contribution is 2.11. The number of anilines is 1. The second kappa shape index (κ2) is 12.4. The van der Waals surface area contributed by atoms with Gasteiger partial charge in [-0.1, -0.05) is 42.5 Å². The number of aliphatic hydroxyl groups excluding tert-OH is 1. The van der Waals surface area contributed by atoms with Crippen molar-refractivity contribution in [1.82, 2.24) is 10.6 Å². The summed E-state index contributed by atoms with van der Waals surface area (Å²) in [4.78, 5) is 24.1. The average Bonchev–Trinajstić information content (AvgIpc) is 2.71. The van der Waals surface area contributed by atoms with Crippen LogP contribution < -0.4 is 21.7 Å². The average molecular weight is 420 g/mol. The number of nitrogen functional groups attached to an aromatic ring is 1. The summed E-state index contributed by atoms with van der Waals surface area (Å²) in [5.41, 5.74) is 7.60. The predicted molar refractivity (Wildman–Crippen MR) is 115 cm³/mol. The lowest BCUT2D eigenvalue weighted by atomic mass is 10.1. The van der Waals surface area contributed by atoms with Gasteiger partial charge in [0, 0.05) is 17.8 Å². The van der Waals surface area contributed by atoms with E-state index in [-0.39, 0.29) is 30.7 Å². The number of nitrogens with one attached hydrogen (secondary N) is 4. The van der Waals surface area contributed by atoms with E-state index in [2.05, 4.69) is 16.0 Å². The molecule has 0 heterocycles. The molecule has 0 saturated carbocycles. The van der Waals surface area contributed by atoms with Crippen LogP contribution in [0.4, 0.5) is 5.69 Å². The van der Waals surface area contributed by atoms with Crippen molar-refractivity contribution in [3.8, 4) is 0 Å². The van der Waals surface area contributed by atoms with Crippen LogP contribution >= 0.6 is 12.4 Å². The van der Waals surface area contributed by atoms with Gasteiger partial charge in [-0.3, -0.25) is 15.0 Å². The molecule has 0 aromatic heterocycles. The molecule has 8 nitrogen and oxygen atoms in total. The maximum atomic E-state index is 12.2. The van der Waals surface area contributed by atoms with Crippen LogP contribution in [0, 0.1) is 5.41 Å². The molecule has 9 heteroatoms. The van der Waals surface area contributed by atoms with Crippen LogP contribution in [-0.4, -0.2) is 48.5 Å². The third-order valence-electron chi connectivity index (χ3n) is 4.02. The molecule has 1 atom stereocenters. The second-order valence-electron chi connectivity index (χ2n) is 6.18. The minimum atomic E-state index is -0.931. The number of carbonyl (C=O) groups excluding carboxylic acids is 2. The number of hydrogen-bond donors (Lipinski definition) is 6. The first-order valence-electron chi connectivity index (χ1n) is 8.90. The second-order valence-corrected chi connectivity index (χ2v) is 6.18. The number of carbonyl (C=O) groups is 2. The number of halogens is 1.